The van der Waals surface area contributed by atoms with Crippen LogP contribution < -0.4 is 11.2 Å². The number of aliphatic hydroxyl groups excluding tert-OH is 1. The zero-order valence-corrected chi connectivity index (χ0v) is 12.1. The van der Waals surface area contributed by atoms with Gasteiger partial charge < -0.3 is 24.7 Å². The molecule has 0 unspecified atom stereocenters. The molecule has 0 bridgehead atoms. The van der Waals surface area contributed by atoms with Crippen molar-refractivity contribution in [2.24, 2.45) is 5.90 Å². The summed E-state index contributed by atoms with van der Waals surface area (Å²) in [5.41, 5.74) is 0. The molecule has 0 aromatic heterocycles. The van der Waals surface area contributed by atoms with Crippen LogP contribution in [0.3, 0.4) is 0 Å². The molecule has 0 heterocycles. The summed E-state index contributed by atoms with van der Waals surface area (Å²) in [6, 6.07) is 0. The first-order chi connectivity index (χ1) is 9.81. The Morgan fingerprint density at radius 2 is 1.60 bits per heavy atom. The Morgan fingerprint density at radius 1 is 0.950 bits per heavy atom. The monoisotopic (exact) mass is 292 g/mol. The lowest BCUT2D eigenvalue weighted by molar-refractivity contribution is -0.122. The average Bonchev–Trinajstić information content (AvgIpc) is 2.45. The molecule has 120 valence electrons. The zero-order chi connectivity index (χ0) is 14.9. The van der Waals surface area contributed by atoms with Crippen LogP contribution in [0.1, 0.15) is 32.1 Å². The first kappa shape index (κ1) is 19.3. The number of carbonyl (C=O) groups excluding carboxylic acids is 1. The summed E-state index contributed by atoms with van der Waals surface area (Å²) in [6.07, 6.45) is 4.18. The van der Waals surface area contributed by atoms with E-state index in [0.29, 0.717) is 46.0 Å². The number of aliphatic hydroxyl groups is 1. The van der Waals surface area contributed by atoms with E-state index in [-0.39, 0.29) is 12.5 Å². The minimum Gasteiger partial charge on any atom is -0.396 e. The van der Waals surface area contributed by atoms with Crippen molar-refractivity contribution in [2.45, 2.75) is 32.1 Å². The molecular weight excluding hydrogens is 264 g/mol. The standard InChI is InChI=1S/C13H28N2O5/c14-20-12-11-19-10-9-18-8-5-13(17)15-6-3-1-2-4-7-16/h16H,1-12,14H2,(H,15,17). The van der Waals surface area contributed by atoms with Crippen LogP contribution in [0.25, 0.3) is 0 Å². The number of amides is 1. The molecule has 7 heteroatoms. The Hall–Kier alpha value is -0.730. The molecule has 20 heavy (non-hydrogen) atoms. The Labute approximate surface area is 120 Å². The lowest BCUT2D eigenvalue weighted by Gasteiger charge is -2.06. The Bertz CT molecular complexity index is 217. The van der Waals surface area contributed by atoms with E-state index in [1.807, 2.05) is 0 Å². The smallest absolute Gasteiger partial charge is 0.222 e. The molecule has 0 saturated heterocycles. The summed E-state index contributed by atoms with van der Waals surface area (Å²) >= 11 is 0. The van der Waals surface area contributed by atoms with E-state index in [4.69, 9.17) is 20.5 Å². The molecule has 0 fully saturated rings. The van der Waals surface area contributed by atoms with E-state index in [2.05, 4.69) is 10.2 Å². The topological polar surface area (TPSA) is 103 Å². The molecule has 0 rings (SSSR count). The van der Waals surface area contributed by atoms with E-state index < -0.39 is 0 Å². The van der Waals surface area contributed by atoms with Gasteiger partial charge in [0.15, 0.2) is 0 Å². The molecule has 1 amide bonds. The number of carbonyl (C=O) groups is 1. The fourth-order valence-corrected chi connectivity index (χ4v) is 1.50. The predicted molar refractivity (Wildman–Crippen MR) is 75.0 cm³/mol. The van der Waals surface area contributed by atoms with Gasteiger partial charge >= 0.3 is 0 Å². The summed E-state index contributed by atoms with van der Waals surface area (Å²) in [6.45, 7) is 3.05. The lowest BCUT2D eigenvalue weighted by Crippen LogP contribution is -2.25. The van der Waals surface area contributed by atoms with Crippen LogP contribution in [0.15, 0.2) is 0 Å². The number of hydrogen-bond acceptors (Lipinski definition) is 6. The fourth-order valence-electron chi connectivity index (χ4n) is 1.50. The number of ether oxygens (including phenoxy) is 2. The lowest BCUT2D eigenvalue weighted by atomic mass is 10.2. The third kappa shape index (κ3) is 15.3. The third-order valence-corrected chi connectivity index (χ3v) is 2.60. The van der Waals surface area contributed by atoms with E-state index in [0.717, 1.165) is 25.7 Å². The van der Waals surface area contributed by atoms with Gasteiger partial charge in [-0.05, 0) is 12.8 Å². The van der Waals surface area contributed by atoms with Gasteiger partial charge in [0.05, 0.1) is 33.0 Å². The maximum absolute atomic E-state index is 11.4. The summed E-state index contributed by atoms with van der Waals surface area (Å²) in [5, 5.41) is 11.4. The number of unbranched alkanes of at least 4 members (excludes halogenated alkanes) is 3. The average molecular weight is 292 g/mol. The Kier molecular flexibility index (Phi) is 15.7. The molecular formula is C13H28N2O5. The van der Waals surface area contributed by atoms with Crippen LogP contribution in [0.2, 0.25) is 0 Å². The van der Waals surface area contributed by atoms with E-state index in [1.165, 1.54) is 0 Å². The van der Waals surface area contributed by atoms with E-state index >= 15 is 0 Å². The van der Waals surface area contributed by atoms with Crippen LogP contribution in [-0.2, 0) is 19.1 Å². The van der Waals surface area contributed by atoms with Gasteiger partial charge in [0.25, 0.3) is 0 Å². The predicted octanol–water partition coefficient (Wildman–Crippen LogP) is -0.0311. The van der Waals surface area contributed by atoms with Crippen molar-refractivity contribution in [3.63, 3.8) is 0 Å². The third-order valence-electron chi connectivity index (χ3n) is 2.60. The summed E-state index contributed by atoms with van der Waals surface area (Å²) in [5.74, 6) is 4.84. The van der Waals surface area contributed by atoms with Crippen molar-refractivity contribution < 1.29 is 24.2 Å². The Balaban J connectivity index is 3.12. The van der Waals surface area contributed by atoms with Crippen molar-refractivity contribution in [2.75, 3.05) is 46.2 Å². The highest BCUT2D eigenvalue weighted by molar-refractivity contribution is 5.75. The second-order valence-corrected chi connectivity index (χ2v) is 4.33. The quantitative estimate of drug-likeness (QED) is 0.289. The zero-order valence-electron chi connectivity index (χ0n) is 12.1. The number of nitrogens with two attached hydrogens (primary N) is 1. The number of hydrogen-bond donors (Lipinski definition) is 3. The van der Waals surface area contributed by atoms with E-state index in [9.17, 15) is 4.79 Å². The minimum absolute atomic E-state index is 0.00427. The van der Waals surface area contributed by atoms with Crippen molar-refractivity contribution >= 4 is 5.91 Å². The fraction of sp³-hybridized carbons (Fsp3) is 0.923. The van der Waals surface area contributed by atoms with Gasteiger partial charge in [0.1, 0.15) is 0 Å². The first-order valence-corrected chi connectivity index (χ1v) is 7.16. The molecule has 0 spiro atoms. The van der Waals surface area contributed by atoms with Crippen LogP contribution in [0, 0.1) is 0 Å². The molecule has 0 saturated carbocycles. The summed E-state index contributed by atoms with van der Waals surface area (Å²) in [7, 11) is 0. The van der Waals surface area contributed by atoms with Crippen LogP contribution in [0.4, 0.5) is 0 Å². The molecule has 0 aliphatic heterocycles. The Morgan fingerprint density at radius 3 is 2.30 bits per heavy atom. The van der Waals surface area contributed by atoms with Gasteiger partial charge in [-0.25, -0.2) is 5.90 Å². The maximum atomic E-state index is 11.4. The van der Waals surface area contributed by atoms with Gasteiger partial charge in [-0.1, -0.05) is 12.8 Å². The largest absolute Gasteiger partial charge is 0.396 e. The van der Waals surface area contributed by atoms with Crippen LogP contribution in [0.5, 0.6) is 0 Å². The van der Waals surface area contributed by atoms with Crippen LogP contribution >= 0.6 is 0 Å². The van der Waals surface area contributed by atoms with Gasteiger partial charge in [-0.2, -0.15) is 0 Å². The molecule has 0 aliphatic rings. The number of rotatable bonds is 15. The highest BCUT2D eigenvalue weighted by Crippen LogP contribution is 1.97. The second kappa shape index (κ2) is 16.3. The second-order valence-electron chi connectivity index (χ2n) is 4.33. The van der Waals surface area contributed by atoms with Crippen molar-refractivity contribution in [3.05, 3.63) is 0 Å². The van der Waals surface area contributed by atoms with Crippen molar-refractivity contribution in [1.29, 1.82) is 0 Å². The van der Waals surface area contributed by atoms with Gasteiger partial charge in [-0.15, -0.1) is 0 Å². The molecule has 0 radical (unpaired) electrons. The first-order valence-electron chi connectivity index (χ1n) is 7.16. The van der Waals surface area contributed by atoms with Gasteiger partial charge in [0.2, 0.25) is 5.91 Å². The summed E-state index contributed by atoms with van der Waals surface area (Å²) in [4.78, 5) is 15.8. The molecule has 0 aromatic carbocycles. The van der Waals surface area contributed by atoms with E-state index in [1.54, 1.807) is 0 Å². The van der Waals surface area contributed by atoms with Crippen LogP contribution in [-0.4, -0.2) is 57.2 Å². The maximum Gasteiger partial charge on any atom is 0.222 e. The van der Waals surface area contributed by atoms with Crippen molar-refractivity contribution in [3.8, 4) is 0 Å². The normalized spacial score (nSPS) is 10.7. The number of nitrogens with one attached hydrogen (secondary N) is 1. The molecule has 7 nitrogen and oxygen atoms in total. The molecule has 4 N–H and O–H groups in total. The molecule has 0 atom stereocenters. The highest BCUT2D eigenvalue weighted by Gasteiger charge is 2.00. The SMILES string of the molecule is NOCCOCCOCCC(=O)NCCCCCCO. The van der Waals surface area contributed by atoms with Gasteiger partial charge in [-0.3, -0.25) is 4.79 Å². The summed E-state index contributed by atoms with van der Waals surface area (Å²) < 4.78 is 10.4. The van der Waals surface area contributed by atoms with Crippen molar-refractivity contribution in [1.82, 2.24) is 5.32 Å². The highest BCUT2D eigenvalue weighted by atomic mass is 16.6. The van der Waals surface area contributed by atoms with Gasteiger partial charge in [0, 0.05) is 19.6 Å². The molecule has 0 aliphatic carbocycles. The molecule has 0 aromatic rings. The minimum atomic E-state index is 0.00427.